The van der Waals surface area contributed by atoms with Crippen molar-refractivity contribution in [3.63, 3.8) is 0 Å². The van der Waals surface area contributed by atoms with Gasteiger partial charge in [0.25, 0.3) is 0 Å². The Hall–Kier alpha value is -3.25. The Morgan fingerprint density at radius 1 is 0.911 bits per heavy atom. The number of rotatable bonds is 9. The van der Waals surface area contributed by atoms with Gasteiger partial charge in [-0.05, 0) is 60.1 Å². The molecular weight excluding hydrogens is 755 g/mol. The average Bonchev–Trinajstić information content (AvgIpc) is 3.51. The Morgan fingerprint density at radius 2 is 1.58 bits per heavy atom. The maximum Gasteiger partial charge on any atom is 0.162 e. The van der Waals surface area contributed by atoms with Gasteiger partial charge in [0, 0.05) is 49.9 Å². The quantitative estimate of drug-likeness (QED) is 0.0913. The Labute approximate surface area is 285 Å². The van der Waals surface area contributed by atoms with Crippen molar-refractivity contribution < 1.29 is 30.0 Å². The van der Waals surface area contributed by atoms with Crippen molar-refractivity contribution in [3.05, 3.63) is 89.9 Å². The van der Waals surface area contributed by atoms with E-state index in [1.54, 1.807) is 17.7 Å². The van der Waals surface area contributed by atoms with E-state index in [-0.39, 0.29) is 48.9 Å². The molecule has 0 saturated heterocycles. The third kappa shape index (κ3) is 8.72. The zero-order chi connectivity index (χ0) is 31.9. The van der Waals surface area contributed by atoms with Crippen molar-refractivity contribution >= 4 is 38.0 Å². The van der Waals surface area contributed by atoms with E-state index in [1.165, 1.54) is 22.4 Å². The molecule has 0 bridgehead atoms. The fourth-order valence-electron chi connectivity index (χ4n) is 5.48. The summed E-state index contributed by atoms with van der Waals surface area (Å²) < 4.78 is 1.15. The van der Waals surface area contributed by atoms with Gasteiger partial charge in [-0.2, -0.15) is 0 Å². The first-order valence-corrected chi connectivity index (χ1v) is 16.5. The van der Waals surface area contributed by atoms with Gasteiger partial charge in [0.05, 0.1) is 16.2 Å². The molecule has 1 radical (unpaired) electrons. The number of ketones is 1. The number of aromatic nitrogens is 3. The minimum atomic E-state index is 0. The molecule has 0 aliphatic rings. The van der Waals surface area contributed by atoms with Gasteiger partial charge >= 0.3 is 0 Å². The fourth-order valence-corrected chi connectivity index (χ4v) is 6.37. The normalized spacial score (nSPS) is 11.9. The van der Waals surface area contributed by atoms with Gasteiger partial charge < -0.3 is 5.11 Å². The minimum Gasteiger partial charge on any atom is -0.512 e. The molecule has 0 unspecified atom stereocenters. The van der Waals surface area contributed by atoms with E-state index in [4.69, 9.17) is 0 Å². The summed E-state index contributed by atoms with van der Waals surface area (Å²) in [6.45, 7) is 14.8. The van der Waals surface area contributed by atoms with E-state index < -0.39 is 0 Å². The van der Waals surface area contributed by atoms with Crippen molar-refractivity contribution in [3.8, 4) is 22.6 Å². The van der Waals surface area contributed by atoms with Gasteiger partial charge in [-0.1, -0.05) is 77.6 Å². The summed E-state index contributed by atoms with van der Waals surface area (Å²) >= 11 is 1.69. The molecule has 1 N–H and O–H groups in total. The Kier molecular flexibility index (Phi) is 13.2. The zero-order valence-electron chi connectivity index (χ0n) is 27.4. The van der Waals surface area contributed by atoms with Crippen LogP contribution in [0.15, 0.2) is 78.3 Å². The van der Waals surface area contributed by atoms with Gasteiger partial charge in [-0.25, -0.2) is 4.98 Å². The molecule has 0 aliphatic carbocycles. The molecule has 45 heavy (non-hydrogen) atoms. The number of nitrogens with zero attached hydrogens (tertiary/aromatic N) is 3. The van der Waals surface area contributed by atoms with E-state index >= 15 is 0 Å². The first-order chi connectivity index (χ1) is 21.1. The zero-order valence-corrected chi connectivity index (χ0v) is 30.6. The van der Waals surface area contributed by atoms with E-state index in [1.807, 2.05) is 46.0 Å². The predicted molar refractivity (Wildman–Crippen MR) is 185 cm³/mol. The monoisotopic (exact) mass is 799 g/mol. The van der Waals surface area contributed by atoms with Crippen LogP contribution in [0.3, 0.4) is 0 Å². The van der Waals surface area contributed by atoms with Crippen LogP contribution in [0.2, 0.25) is 0 Å². The second kappa shape index (κ2) is 16.4. The number of fused-ring (bicyclic) bond motifs is 2. The Balaban J connectivity index is 0.000000297. The third-order valence-electron chi connectivity index (χ3n) is 8.22. The smallest absolute Gasteiger partial charge is 0.162 e. The summed E-state index contributed by atoms with van der Waals surface area (Å²) in [7, 11) is 0. The number of benzene rings is 2. The first-order valence-electron chi connectivity index (χ1n) is 15.7. The van der Waals surface area contributed by atoms with Gasteiger partial charge in [0.2, 0.25) is 0 Å². The molecule has 5 rings (SSSR count). The number of allylic oxidation sites excluding steroid dienone is 2. The molecule has 5 nitrogen and oxygen atoms in total. The number of carbonyl (C=O) groups is 1. The molecule has 0 aliphatic heterocycles. The second-order valence-corrected chi connectivity index (χ2v) is 13.1. The SMILES string of the molecule is CC(C)(C)c1cc(-c2cc(-c3nccc4ccsc34)ncn2)[c-]c2ccccc12.CCC(CC)C(=O)/C=C(\O)C(CC)CC.[Ir]. The molecule has 3 aromatic heterocycles. The molecular formula is C38H44IrN3O2S-. The second-order valence-electron chi connectivity index (χ2n) is 12.2. The van der Waals surface area contributed by atoms with Crippen LogP contribution in [0.5, 0.6) is 0 Å². The standard InChI is InChI=1S/C25H20N3S.C13H24O2.Ir/c1-25(2,3)20-13-18(12-17-6-4-5-7-19(17)20)21-14-22(28-15-27-21)23-24-16(8-10-26-23)9-11-29-24;1-5-10(6-2)12(14)9-13(15)11(7-3)8-4;/h4-11,13-15H,1-3H3;9-11,14H,5-8H2,1-4H3;/q-1;;/b;12-9-;. The van der Waals surface area contributed by atoms with Crippen LogP contribution in [0.1, 0.15) is 79.7 Å². The molecule has 7 heteroatoms. The Morgan fingerprint density at radius 3 is 2.24 bits per heavy atom. The summed E-state index contributed by atoms with van der Waals surface area (Å²) in [6.07, 6.45) is 8.37. The molecule has 0 amide bonds. The van der Waals surface area contributed by atoms with Gasteiger partial charge in [0.1, 0.15) is 12.0 Å². The van der Waals surface area contributed by atoms with Crippen molar-refractivity contribution in [1.29, 1.82) is 0 Å². The fraction of sp³-hybridized carbons (Fsp3) is 0.368. The molecule has 0 atom stereocenters. The van der Waals surface area contributed by atoms with Crippen LogP contribution in [0.25, 0.3) is 43.5 Å². The molecule has 2 aromatic carbocycles. The number of hydrogen-bond donors (Lipinski definition) is 1. The summed E-state index contributed by atoms with van der Waals surface area (Å²) in [5, 5.41) is 15.4. The van der Waals surface area contributed by atoms with E-state index in [0.29, 0.717) is 0 Å². The van der Waals surface area contributed by atoms with Crippen LogP contribution in [0.4, 0.5) is 0 Å². The van der Waals surface area contributed by atoms with E-state index in [9.17, 15) is 9.90 Å². The Bertz CT molecular complexity index is 1750. The molecule has 0 fully saturated rings. The molecule has 5 aromatic rings. The summed E-state index contributed by atoms with van der Waals surface area (Å²) in [4.78, 5) is 25.4. The van der Waals surface area contributed by atoms with E-state index in [2.05, 4.69) is 83.6 Å². The van der Waals surface area contributed by atoms with Crippen molar-refractivity contribution in [2.45, 2.75) is 79.6 Å². The topological polar surface area (TPSA) is 76.0 Å². The third-order valence-corrected chi connectivity index (χ3v) is 9.16. The van der Waals surface area contributed by atoms with Gasteiger partial charge in [-0.3, -0.25) is 14.8 Å². The maximum absolute atomic E-state index is 11.7. The number of pyridine rings is 1. The van der Waals surface area contributed by atoms with Gasteiger partial charge in [-0.15, -0.1) is 40.5 Å². The number of carbonyl (C=O) groups excluding carboxylic acids is 1. The van der Waals surface area contributed by atoms with Crippen LogP contribution in [-0.2, 0) is 30.3 Å². The number of hydrogen-bond acceptors (Lipinski definition) is 6. The number of aliphatic hydroxyl groups excluding tert-OH is 1. The first kappa shape index (κ1) is 36.2. The minimum absolute atomic E-state index is 0. The molecule has 0 saturated carbocycles. The number of thiophene rings is 1. The van der Waals surface area contributed by atoms with Crippen molar-refractivity contribution in [2.75, 3.05) is 0 Å². The summed E-state index contributed by atoms with van der Waals surface area (Å²) in [5.74, 6) is 0.547. The van der Waals surface area contributed by atoms with Gasteiger partial charge in [0.15, 0.2) is 5.78 Å². The van der Waals surface area contributed by atoms with Crippen LogP contribution in [0, 0.1) is 17.9 Å². The summed E-state index contributed by atoms with van der Waals surface area (Å²) in [6, 6.07) is 20.4. The van der Waals surface area contributed by atoms with E-state index in [0.717, 1.165) is 58.4 Å². The van der Waals surface area contributed by atoms with Crippen LogP contribution >= 0.6 is 11.3 Å². The van der Waals surface area contributed by atoms with Crippen molar-refractivity contribution in [2.24, 2.45) is 11.8 Å². The summed E-state index contributed by atoms with van der Waals surface area (Å²) in [5.41, 5.74) is 4.89. The van der Waals surface area contributed by atoms with Crippen molar-refractivity contribution in [1.82, 2.24) is 15.0 Å². The number of aliphatic hydroxyl groups is 1. The molecule has 239 valence electrons. The molecule has 3 heterocycles. The largest absolute Gasteiger partial charge is 0.512 e. The maximum atomic E-state index is 11.7. The van der Waals surface area contributed by atoms with Crippen LogP contribution in [-0.4, -0.2) is 25.8 Å². The predicted octanol–water partition coefficient (Wildman–Crippen LogP) is 10.5. The molecule has 0 spiro atoms. The van der Waals surface area contributed by atoms with Crippen LogP contribution < -0.4 is 0 Å². The average molecular weight is 799 g/mol.